The molecule has 1 amide bonds. The fourth-order valence-electron chi connectivity index (χ4n) is 2.60. The Morgan fingerprint density at radius 2 is 2.04 bits per heavy atom. The van der Waals surface area contributed by atoms with Gasteiger partial charge >= 0.3 is 0 Å². The van der Waals surface area contributed by atoms with Crippen molar-refractivity contribution in [2.24, 2.45) is 0 Å². The fourth-order valence-corrected chi connectivity index (χ4v) is 2.60. The lowest BCUT2D eigenvalue weighted by Crippen LogP contribution is -2.19. The number of halogens is 1. The van der Waals surface area contributed by atoms with Crippen LogP contribution in [0.25, 0.3) is 10.9 Å². The van der Waals surface area contributed by atoms with Crippen LogP contribution in [0, 0.1) is 17.1 Å². The average molecular weight is 322 g/mol. The standard InChI is InChI=1S/C18H15FN4O/c1-21-12-3-2-4-13(8-12)23-18(24)15(9-20)16-10-22-17-7-11(19)5-6-14(16)17/h2-8,10,15,21-22H,1H3,(H,23,24). The summed E-state index contributed by atoms with van der Waals surface area (Å²) in [4.78, 5) is 15.4. The molecule has 1 aromatic heterocycles. The molecule has 1 unspecified atom stereocenters. The van der Waals surface area contributed by atoms with Gasteiger partial charge in [0.25, 0.3) is 0 Å². The van der Waals surface area contributed by atoms with Crippen molar-refractivity contribution in [2.75, 3.05) is 17.7 Å². The zero-order chi connectivity index (χ0) is 17.1. The molecule has 1 atom stereocenters. The molecular formula is C18H15FN4O. The first-order valence-electron chi connectivity index (χ1n) is 7.37. The van der Waals surface area contributed by atoms with Gasteiger partial charge < -0.3 is 15.6 Å². The van der Waals surface area contributed by atoms with E-state index >= 15 is 0 Å². The maximum absolute atomic E-state index is 13.3. The van der Waals surface area contributed by atoms with Gasteiger partial charge in [-0.3, -0.25) is 4.79 Å². The molecule has 24 heavy (non-hydrogen) atoms. The van der Waals surface area contributed by atoms with Crippen molar-refractivity contribution in [3.05, 3.63) is 60.0 Å². The molecule has 0 spiro atoms. The number of anilines is 2. The highest BCUT2D eigenvalue weighted by Crippen LogP contribution is 2.27. The van der Waals surface area contributed by atoms with Crippen molar-refractivity contribution < 1.29 is 9.18 Å². The van der Waals surface area contributed by atoms with Gasteiger partial charge in [-0.2, -0.15) is 5.26 Å². The van der Waals surface area contributed by atoms with Gasteiger partial charge in [0.15, 0.2) is 5.92 Å². The number of amides is 1. The number of benzene rings is 2. The minimum Gasteiger partial charge on any atom is -0.388 e. The lowest BCUT2D eigenvalue weighted by molar-refractivity contribution is -0.116. The highest BCUT2D eigenvalue weighted by molar-refractivity contribution is 6.01. The maximum Gasteiger partial charge on any atom is 0.246 e. The molecule has 5 nitrogen and oxygen atoms in total. The molecule has 0 saturated heterocycles. The normalized spacial score (nSPS) is 11.7. The Morgan fingerprint density at radius 1 is 1.25 bits per heavy atom. The van der Waals surface area contributed by atoms with E-state index in [0.717, 1.165) is 5.69 Å². The predicted octanol–water partition coefficient (Wildman–Crippen LogP) is 3.59. The van der Waals surface area contributed by atoms with Crippen molar-refractivity contribution >= 4 is 28.2 Å². The molecule has 0 aliphatic carbocycles. The van der Waals surface area contributed by atoms with Gasteiger partial charge in [-0.1, -0.05) is 6.07 Å². The van der Waals surface area contributed by atoms with Crippen molar-refractivity contribution in [1.82, 2.24) is 4.98 Å². The molecule has 0 saturated carbocycles. The molecule has 3 N–H and O–H groups in total. The van der Waals surface area contributed by atoms with Crippen LogP contribution in [-0.4, -0.2) is 17.9 Å². The third-order valence-corrected chi connectivity index (χ3v) is 3.80. The van der Waals surface area contributed by atoms with Crippen molar-refractivity contribution in [2.45, 2.75) is 5.92 Å². The van der Waals surface area contributed by atoms with Crippen LogP contribution >= 0.6 is 0 Å². The Bertz CT molecular complexity index is 942. The van der Waals surface area contributed by atoms with E-state index in [1.54, 1.807) is 37.5 Å². The molecular weight excluding hydrogens is 307 g/mol. The first-order chi connectivity index (χ1) is 11.6. The number of aromatic amines is 1. The van der Waals surface area contributed by atoms with E-state index < -0.39 is 11.8 Å². The molecule has 0 aliphatic rings. The van der Waals surface area contributed by atoms with Gasteiger partial charge in [-0.05, 0) is 36.4 Å². The summed E-state index contributed by atoms with van der Waals surface area (Å²) in [6.45, 7) is 0. The van der Waals surface area contributed by atoms with E-state index in [9.17, 15) is 14.4 Å². The van der Waals surface area contributed by atoms with Gasteiger partial charge in [-0.15, -0.1) is 0 Å². The van der Waals surface area contributed by atoms with E-state index in [4.69, 9.17) is 0 Å². The molecule has 0 radical (unpaired) electrons. The first-order valence-corrected chi connectivity index (χ1v) is 7.37. The molecule has 0 aliphatic heterocycles. The van der Waals surface area contributed by atoms with E-state index in [2.05, 4.69) is 15.6 Å². The van der Waals surface area contributed by atoms with E-state index in [1.165, 1.54) is 12.1 Å². The third kappa shape index (κ3) is 2.92. The number of nitrogens with zero attached hydrogens (tertiary/aromatic N) is 1. The molecule has 3 rings (SSSR count). The summed E-state index contributed by atoms with van der Waals surface area (Å²) < 4.78 is 13.3. The van der Waals surface area contributed by atoms with Crippen LogP contribution in [0.3, 0.4) is 0 Å². The Labute approximate surface area is 138 Å². The molecule has 2 aromatic carbocycles. The second-order valence-electron chi connectivity index (χ2n) is 5.32. The van der Waals surface area contributed by atoms with Crippen LogP contribution in [0.1, 0.15) is 11.5 Å². The average Bonchev–Trinajstić information content (AvgIpc) is 2.98. The van der Waals surface area contributed by atoms with Crippen LogP contribution in [0.5, 0.6) is 0 Å². The predicted molar refractivity (Wildman–Crippen MR) is 91.2 cm³/mol. The number of carbonyl (C=O) groups is 1. The van der Waals surface area contributed by atoms with Crippen molar-refractivity contribution in [1.29, 1.82) is 5.26 Å². The smallest absolute Gasteiger partial charge is 0.246 e. The Kier molecular flexibility index (Phi) is 4.17. The molecule has 1 heterocycles. The van der Waals surface area contributed by atoms with Crippen molar-refractivity contribution in [3.63, 3.8) is 0 Å². The number of nitriles is 1. The summed E-state index contributed by atoms with van der Waals surface area (Å²) in [5.74, 6) is -1.81. The molecule has 120 valence electrons. The maximum atomic E-state index is 13.3. The SMILES string of the molecule is CNc1cccc(NC(=O)C(C#N)c2c[nH]c3cc(F)ccc23)c1. The minimum absolute atomic E-state index is 0.377. The molecule has 3 aromatic rings. The molecule has 0 fully saturated rings. The summed E-state index contributed by atoms with van der Waals surface area (Å²) in [5, 5.41) is 15.8. The number of carbonyl (C=O) groups excluding carboxylic acids is 1. The fraction of sp³-hybridized carbons (Fsp3) is 0.111. The van der Waals surface area contributed by atoms with Gasteiger partial charge in [0, 0.05) is 41.1 Å². The van der Waals surface area contributed by atoms with Crippen LogP contribution in [-0.2, 0) is 4.79 Å². The van der Waals surface area contributed by atoms with E-state index in [0.29, 0.717) is 22.2 Å². The zero-order valence-electron chi connectivity index (χ0n) is 12.9. The van der Waals surface area contributed by atoms with E-state index in [-0.39, 0.29) is 5.82 Å². The highest BCUT2D eigenvalue weighted by atomic mass is 19.1. The lowest BCUT2D eigenvalue weighted by Gasteiger charge is -2.11. The van der Waals surface area contributed by atoms with Crippen molar-refractivity contribution in [3.8, 4) is 6.07 Å². The topological polar surface area (TPSA) is 80.7 Å². The second-order valence-corrected chi connectivity index (χ2v) is 5.32. The summed E-state index contributed by atoms with van der Waals surface area (Å²) in [5.41, 5.74) is 2.52. The number of hydrogen-bond donors (Lipinski definition) is 3. The number of H-pyrrole nitrogens is 1. The lowest BCUT2D eigenvalue weighted by atomic mass is 9.99. The summed E-state index contributed by atoms with van der Waals surface area (Å²) in [6.07, 6.45) is 1.57. The number of hydrogen-bond acceptors (Lipinski definition) is 3. The van der Waals surface area contributed by atoms with Crippen LogP contribution in [0.15, 0.2) is 48.7 Å². The summed E-state index contributed by atoms with van der Waals surface area (Å²) >= 11 is 0. The Hall–Kier alpha value is -3.33. The van der Waals surface area contributed by atoms with Crippen LogP contribution in [0.2, 0.25) is 0 Å². The Morgan fingerprint density at radius 3 is 2.79 bits per heavy atom. The summed E-state index contributed by atoms with van der Waals surface area (Å²) in [6, 6.07) is 13.4. The number of nitrogens with one attached hydrogen (secondary N) is 3. The van der Waals surface area contributed by atoms with E-state index in [1.807, 2.05) is 12.1 Å². The van der Waals surface area contributed by atoms with Gasteiger partial charge in [-0.25, -0.2) is 4.39 Å². The quantitative estimate of drug-likeness (QED) is 0.686. The first kappa shape index (κ1) is 15.6. The largest absolute Gasteiger partial charge is 0.388 e. The van der Waals surface area contributed by atoms with Gasteiger partial charge in [0.2, 0.25) is 5.91 Å². The van der Waals surface area contributed by atoms with Crippen LogP contribution < -0.4 is 10.6 Å². The van der Waals surface area contributed by atoms with Gasteiger partial charge in [0.05, 0.1) is 6.07 Å². The highest BCUT2D eigenvalue weighted by Gasteiger charge is 2.23. The van der Waals surface area contributed by atoms with Gasteiger partial charge in [0.1, 0.15) is 5.82 Å². The minimum atomic E-state index is -0.998. The number of fused-ring (bicyclic) bond motifs is 1. The second kappa shape index (κ2) is 6.42. The molecule has 0 bridgehead atoms. The number of aromatic nitrogens is 1. The monoisotopic (exact) mass is 322 g/mol. The Balaban J connectivity index is 1.90. The number of rotatable bonds is 4. The van der Waals surface area contributed by atoms with Crippen LogP contribution in [0.4, 0.5) is 15.8 Å². The third-order valence-electron chi connectivity index (χ3n) is 3.80. The summed E-state index contributed by atoms with van der Waals surface area (Å²) in [7, 11) is 1.78. The molecule has 6 heteroatoms. The zero-order valence-corrected chi connectivity index (χ0v) is 12.9.